The lowest BCUT2D eigenvalue weighted by Gasteiger charge is -2.03. The van der Waals surface area contributed by atoms with Crippen molar-refractivity contribution in [2.24, 2.45) is 4.99 Å². The molecule has 0 aliphatic carbocycles. The van der Waals surface area contributed by atoms with Crippen LogP contribution in [0.5, 0.6) is 0 Å². The monoisotopic (exact) mass is 562 g/mol. The number of rotatable bonds is 4. The number of aliphatic imine (C=N–C) groups is 1. The fraction of sp³-hybridized carbons (Fsp3) is 0.464. The van der Waals surface area contributed by atoms with Gasteiger partial charge in [-0.05, 0) is 5.92 Å². The maximum atomic E-state index is 4.87. The van der Waals surface area contributed by atoms with Crippen LogP contribution < -0.4 is 0 Å². The molecule has 0 saturated heterocycles. The van der Waals surface area contributed by atoms with Crippen molar-refractivity contribution in [3.8, 4) is 0 Å². The van der Waals surface area contributed by atoms with Crippen LogP contribution in [0.1, 0.15) is 113 Å². The molecule has 40 heavy (non-hydrogen) atoms. The predicted molar refractivity (Wildman–Crippen MR) is 158 cm³/mol. The molecular formula is C28H38N10OS. The average Bonchev–Trinajstić information content (AvgIpc) is 3.76. The molecule has 6 heterocycles. The van der Waals surface area contributed by atoms with Crippen molar-refractivity contribution >= 4 is 28.6 Å². The number of hydrogen-bond acceptors (Lipinski definition) is 11. The third-order valence-electron chi connectivity index (χ3n) is 5.57. The second-order valence-electron chi connectivity index (χ2n) is 10.3. The van der Waals surface area contributed by atoms with E-state index in [1.807, 2.05) is 37.8 Å². The zero-order valence-corrected chi connectivity index (χ0v) is 25.2. The molecule has 212 valence electrons. The van der Waals surface area contributed by atoms with Gasteiger partial charge in [-0.15, -0.1) is 21.5 Å². The summed E-state index contributed by atoms with van der Waals surface area (Å²) in [6.45, 7) is 17.5. The number of thiazole rings is 1. The summed E-state index contributed by atoms with van der Waals surface area (Å²) in [5, 5.41) is 18.5. The summed E-state index contributed by atoms with van der Waals surface area (Å²) in [4.78, 5) is 24.9. The number of aromatic amines is 1. The van der Waals surface area contributed by atoms with Crippen molar-refractivity contribution in [1.29, 1.82) is 0 Å². The summed E-state index contributed by atoms with van der Waals surface area (Å²) >= 11 is 1.72. The molecule has 0 bridgehead atoms. The van der Waals surface area contributed by atoms with Gasteiger partial charge < -0.3 is 4.42 Å². The molecule has 0 atom stereocenters. The van der Waals surface area contributed by atoms with Gasteiger partial charge in [-0.25, -0.2) is 24.9 Å². The Morgan fingerprint density at radius 1 is 0.900 bits per heavy atom. The first-order valence-electron chi connectivity index (χ1n) is 13.3. The maximum absolute atomic E-state index is 4.87. The molecule has 12 heteroatoms. The molecule has 1 aliphatic heterocycles. The van der Waals surface area contributed by atoms with Crippen molar-refractivity contribution < 1.29 is 4.42 Å². The van der Waals surface area contributed by atoms with Crippen LogP contribution in [0.25, 0.3) is 11.0 Å². The Labute approximate surface area is 239 Å². The standard InChI is InChI=1S/C9H11N3.C8H10N4.C6H9NS.C5H8N2O/c1-6(2)9-11-4-7-3-10-5-8(7)12-9;1-5(2)7-6-3-9-4-10-8(6)12-11-7;1-5(2)6-7-3-4-8-6;1-4(2)5-7-6-3-8-5/h4-6H,3H2,1-2H3;3-5H,1-2H3,(H,9,10,11,12);3-5H,1-2H3;3-4H,1-2H3. The Bertz CT molecular complexity index is 1400. The van der Waals surface area contributed by atoms with Gasteiger partial charge >= 0.3 is 0 Å². The van der Waals surface area contributed by atoms with E-state index in [-0.39, 0.29) is 0 Å². The molecule has 0 aromatic carbocycles. The highest BCUT2D eigenvalue weighted by atomic mass is 32.1. The van der Waals surface area contributed by atoms with Gasteiger partial charge in [0.05, 0.1) is 22.6 Å². The van der Waals surface area contributed by atoms with Crippen LogP contribution in [-0.4, -0.2) is 51.5 Å². The lowest BCUT2D eigenvalue weighted by molar-refractivity contribution is 0.470. The number of aromatic nitrogens is 9. The number of fused-ring (bicyclic) bond motifs is 2. The molecule has 11 nitrogen and oxygen atoms in total. The second kappa shape index (κ2) is 15.0. The molecule has 0 fully saturated rings. The molecule has 0 spiro atoms. The van der Waals surface area contributed by atoms with Crippen LogP contribution in [0.3, 0.4) is 0 Å². The van der Waals surface area contributed by atoms with E-state index >= 15 is 0 Å². The van der Waals surface area contributed by atoms with Gasteiger partial charge in [0.15, 0.2) is 5.65 Å². The molecular weight excluding hydrogens is 524 g/mol. The summed E-state index contributed by atoms with van der Waals surface area (Å²) in [5.41, 5.74) is 3.98. The highest BCUT2D eigenvalue weighted by Crippen LogP contribution is 2.19. The summed E-state index contributed by atoms with van der Waals surface area (Å²) in [6.07, 6.45) is 10.2. The number of nitrogens with zero attached hydrogens (tertiary/aromatic N) is 9. The highest BCUT2D eigenvalue weighted by molar-refractivity contribution is 7.09. The smallest absolute Gasteiger partial charge is 0.218 e. The third kappa shape index (κ3) is 8.80. The van der Waals surface area contributed by atoms with Gasteiger partial charge in [0, 0.05) is 59.2 Å². The highest BCUT2D eigenvalue weighted by Gasteiger charge is 2.11. The molecule has 1 aliphatic rings. The minimum atomic E-state index is 0.345. The minimum absolute atomic E-state index is 0.345. The van der Waals surface area contributed by atoms with Gasteiger partial charge in [0.1, 0.15) is 12.2 Å². The SMILES string of the molecule is CC(C)c1[nH]nc2ncncc12.CC(C)c1ncc2c(n1)C=NC2.CC(C)c1nccs1.CC(C)c1nnco1. The van der Waals surface area contributed by atoms with E-state index in [1.165, 1.54) is 17.7 Å². The van der Waals surface area contributed by atoms with E-state index < -0.39 is 0 Å². The quantitative estimate of drug-likeness (QED) is 0.260. The first-order chi connectivity index (χ1) is 19.2. The zero-order valence-electron chi connectivity index (χ0n) is 24.4. The topological polar surface area (TPSA) is 144 Å². The summed E-state index contributed by atoms with van der Waals surface area (Å²) in [7, 11) is 0. The van der Waals surface area contributed by atoms with Gasteiger partial charge in [-0.3, -0.25) is 10.1 Å². The normalized spacial score (nSPS) is 11.7. The summed E-state index contributed by atoms with van der Waals surface area (Å²) in [6, 6.07) is 0. The Kier molecular flexibility index (Phi) is 11.5. The Morgan fingerprint density at radius 3 is 2.25 bits per heavy atom. The number of H-pyrrole nitrogens is 1. The molecule has 1 N–H and O–H groups in total. The lowest BCUT2D eigenvalue weighted by atomic mass is 10.1. The minimum Gasteiger partial charge on any atom is -0.428 e. The molecule has 5 aromatic rings. The number of hydrogen-bond donors (Lipinski definition) is 1. The van der Waals surface area contributed by atoms with Crippen molar-refractivity contribution in [1.82, 2.24) is 45.3 Å². The summed E-state index contributed by atoms with van der Waals surface area (Å²) in [5.74, 6) is 3.37. The van der Waals surface area contributed by atoms with E-state index in [4.69, 9.17) is 4.42 Å². The van der Waals surface area contributed by atoms with Crippen LogP contribution in [-0.2, 0) is 6.54 Å². The molecule has 5 aromatic heterocycles. The van der Waals surface area contributed by atoms with Crippen LogP contribution >= 0.6 is 11.3 Å². The van der Waals surface area contributed by atoms with Crippen molar-refractivity contribution in [3.63, 3.8) is 0 Å². The molecule has 0 saturated carbocycles. The first kappa shape index (κ1) is 30.6. The maximum Gasteiger partial charge on any atom is 0.218 e. The van der Waals surface area contributed by atoms with Crippen LogP contribution in [0.15, 0.2) is 46.1 Å². The van der Waals surface area contributed by atoms with Crippen molar-refractivity contribution in [2.75, 3.05) is 0 Å². The van der Waals surface area contributed by atoms with Crippen molar-refractivity contribution in [3.05, 3.63) is 70.4 Å². The molecule has 0 unspecified atom stereocenters. The Morgan fingerprint density at radius 2 is 1.70 bits per heavy atom. The van der Waals surface area contributed by atoms with Gasteiger partial charge in [-0.2, -0.15) is 5.10 Å². The molecule has 6 rings (SSSR count). The van der Waals surface area contributed by atoms with Crippen LogP contribution in [0.2, 0.25) is 0 Å². The average molecular weight is 563 g/mol. The fourth-order valence-electron chi connectivity index (χ4n) is 3.35. The third-order valence-corrected chi connectivity index (χ3v) is 6.64. The van der Waals surface area contributed by atoms with Gasteiger partial charge in [0.2, 0.25) is 12.3 Å². The van der Waals surface area contributed by atoms with E-state index in [2.05, 4.69) is 91.8 Å². The summed E-state index contributed by atoms with van der Waals surface area (Å²) < 4.78 is 4.87. The van der Waals surface area contributed by atoms with Crippen LogP contribution in [0.4, 0.5) is 0 Å². The van der Waals surface area contributed by atoms with E-state index in [0.717, 1.165) is 40.4 Å². The van der Waals surface area contributed by atoms with E-state index in [1.54, 1.807) is 17.5 Å². The first-order valence-corrected chi connectivity index (χ1v) is 14.2. The van der Waals surface area contributed by atoms with E-state index in [0.29, 0.717) is 29.6 Å². The lowest BCUT2D eigenvalue weighted by Crippen LogP contribution is -2.01. The van der Waals surface area contributed by atoms with Gasteiger partial charge in [0.25, 0.3) is 0 Å². The number of nitrogens with one attached hydrogen (secondary N) is 1. The zero-order chi connectivity index (χ0) is 29.1. The van der Waals surface area contributed by atoms with Gasteiger partial charge in [-0.1, -0.05) is 55.4 Å². The largest absolute Gasteiger partial charge is 0.428 e. The van der Waals surface area contributed by atoms with Crippen molar-refractivity contribution in [2.45, 2.75) is 85.6 Å². The molecule has 0 radical (unpaired) electrons. The second-order valence-corrected chi connectivity index (χ2v) is 11.2. The van der Waals surface area contributed by atoms with Crippen LogP contribution in [0, 0.1) is 0 Å². The molecule has 0 amide bonds. The fourth-order valence-corrected chi connectivity index (χ4v) is 4.00. The van der Waals surface area contributed by atoms with E-state index in [9.17, 15) is 0 Å². The Hall–Kier alpha value is -3.93. The Balaban J connectivity index is 0.000000150. The predicted octanol–water partition coefficient (Wildman–Crippen LogP) is 6.47.